The van der Waals surface area contributed by atoms with Crippen molar-refractivity contribution < 1.29 is 4.79 Å². The molecule has 0 radical (unpaired) electrons. The van der Waals surface area contributed by atoms with Crippen LogP contribution in [-0.2, 0) is 4.79 Å². The summed E-state index contributed by atoms with van der Waals surface area (Å²) in [6, 6.07) is 0.623. The highest BCUT2D eigenvalue weighted by Crippen LogP contribution is 2.28. The lowest BCUT2D eigenvalue weighted by atomic mass is 9.84. The molecule has 0 aromatic carbocycles. The lowest BCUT2D eigenvalue weighted by molar-refractivity contribution is -0.127. The van der Waals surface area contributed by atoms with Gasteiger partial charge in [-0.15, -0.1) is 0 Å². The molecule has 0 aromatic rings. The summed E-state index contributed by atoms with van der Waals surface area (Å²) in [5.41, 5.74) is 0.243. The molecule has 1 aliphatic carbocycles. The molecule has 1 saturated carbocycles. The van der Waals surface area contributed by atoms with Crippen molar-refractivity contribution in [3.63, 3.8) is 0 Å². The third kappa shape index (κ3) is 3.04. The summed E-state index contributed by atoms with van der Waals surface area (Å²) in [5, 5.41) is 0. The third-order valence-electron chi connectivity index (χ3n) is 3.88. The zero-order valence-corrected chi connectivity index (χ0v) is 10.8. The number of carbonyl (C=O) groups is 1. The topological polar surface area (TPSA) is 20.3 Å². The molecule has 1 fully saturated rings. The molecule has 2 atom stereocenters. The zero-order chi connectivity index (χ0) is 11.6. The van der Waals surface area contributed by atoms with Crippen LogP contribution in [0.3, 0.4) is 0 Å². The van der Waals surface area contributed by atoms with Crippen molar-refractivity contribution in [3.05, 3.63) is 0 Å². The first-order chi connectivity index (χ1) is 6.84. The molecule has 0 amide bonds. The van der Waals surface area contributed by atoms with Gasteiger partial charge >= 0.3 is 0 Å². The van der Waals surface area contributed by atoms with E-state index in [9.17, 15) is 4.79 Å². The van der Waals surface area contributed by atoms with E-state index in [0.717, 1.165) is 19.3 Å². The molecule has 2 heteroatoms. The fourth-order valence-corrected chi connectivity index (χ4v) is 2.28. The molecule has 88 valence electrons. The molecule has 1 aliphatic rings. The van der Waals surface area contributed by atoms with Crippen molar-refractivity contribution in [3.8, 4) is 0 Å². The summed E-state index contributed by atoms with van der Waals surface area (Å²) in [7, 11) is 2.10. The maximum Gasteiger partial charge on any atom is 0.149 e. The van der Waals surface area contributed by atoms with Crippen LogP contribution < -0.4 is 0 Å². The molecule has 2 unspecified atom stereocenters. The van der Waals surface area contributed by atoms with Crippen LogP contribution in [0.15, 0.2) is 0 Å². The fraction of sp³-hybridized carbons (Fsp3) is 0.923. The first-order valence-corrected chi connectivity index (χ1v) is 6.08. The van der Waals surface area contributed by atoms with Gasteiger partial charge in [-0.25, -0.2) is 0 Å². The van der Waals surface area contributed by atoms with Crippen LogP contribution in [0.5, 0.6) is 0 Å². The standard InChI is InChI=1S/C13H25NO/c1-10(13(2,3)4)14(5)11-8-6-7-9-12(11)15/h10-11H,6-9H2,1-5H3. The largest absolute Gasteiger partial charge is 0.298 e. The molecule has 0 aromatic heterocycles. The van der Waals surface area contributed by atoms with Crippen LogP contribution in [0.4, 0.5) is 0 Å². The Morgan fingerprint density at radius 2 is 1.93 bits per heavy atom. The van der Waals surface area contributed by atoms with Gasteiger partial charge in [0.05, 0.1) is 6.04 Å². The number of rotatable bonds is 2. The minimum Gasteiger partial charge on any atom is -0.298 e. The van der Waals surface area contributed by atoms with E-state index in [2.05, 4.69) is 39.6 Å². The summed E-state index contributed by atoms with van der Waals surface area (Å²) in [5.74, 6) is 0.444. The zero-order valence-electron chi connectivity index (χ0n) is 10.8. The molecule has 2 nitrogen and oxygen atoms in total. The van der Waals surface area contributed by atoms with E-state index >= 15 is 0 Å². The maximum atomic E-state index is 11.8. The lowest BCUT2D eigenvalue weighted by Crippen LogP contribution is -2.49. The second-order valence-electron chi connectivity index (χ2n) is 5.94. The van der Waals surface area contributed by atoms with Gasteiger partial charge in [0.1, 0.15) is 5.78 Å². The Morgan fingerprint density at radius 3 is 2.40 bits per heavy atom. The first kappa shape index (κ1) is 12.7. The number of hydrogen-bond donors (Lipinski definition) is 0. The smallest absolute Gasteiger partial charge is 0.149 e. The highest BCUT2D eigenvalue weighted by atomic mass is 16.1. The van der Waals surface area contributed by atoms with E-state index in [-0.39, 0.29) is 11.5 Å². The average Bonchev–Trinajstić information content (AvgIpc) is 2.15. The Balaban J connectivity index is 2.66. The predicted octanol–water partition coefficient (Wildman–Crippen LogP) is 2.86. The van der Waals surface area contributed by atoms with Crippen LogP contribution in [-0.4, -0.2) is 29.8 Å². The van der Waals surface area contributed by atoms with Gasteiger partial charge < -0.3 is 0 Å². The molecule has 0 saturated heterocycles. The molecular formula is C13H25NO. The number of nitrogens with zero attached hydrogens (tertiary/aromatic N) is 1. The maximum absolute atomic E-state index is 11.8. The van der Waals surface area contributed by atoms with Crippen molar-refractivity contribution >= 4 is 5.78 Å². The van der Waals surface area contributed by atoms with Crippen LogP contribution in [0.25, 0.3) is 0 Å². The summed E-state index contributed by atoms with van der Waals surface area (Å²) < 4.78 is 0. The van der Waals surface area contributed by atoms with Gasteiger partial charge in [-0.2, -0.15) is 0 Å². The van der Waals surface area contributed by atoms with Crippen LogP contribution in [0.2, 0.25) is 0 Å². The van der Waals surface area contributed by atoms with Gasteiger partial charge in [0.15, 0.2) is 0 Å². The Bertz CT molecular complexity index is 229. The monoisotopic (exact) mass is 211 g/mol. The average molecular weight is 211 g/mol. The van der Waals surface area contributed by atoms with E-state index in [1.54, 1.807) is 0 Å². The number of ketones is 1. The van der Waals surface area contributed by atoms with E-state index in [4.69, 9.17) is 0 Å². The predicted molar refractivity (Wildman–Crippen MR) is 63.9 cm³/mol. The normalized spacial score (nSPS) is 25.7. The fourth-order valence-electron chi connectivity index (χ4n) is 2.28. The molecule has 0 aliphatic heterocycles. The molecule has 0 N–H and O–H groups in total. The SMILES string of the molecule is CC(N(C)C1CCCCC1=O)C(C)(C)C. The van der Waals surface area contributed by atoms with Gasteiger partial charge in [0, 0.05) is 12.5 Å². The second kappa shape index (κ2) is 4.65. The summed E-state index contributed by atoms with van der Waals surface area (Å²) in [4.78, 5) is 14.1. The Hall–Kier alpha value is -0.370. The molecule has 15 heavy (non-hydrogen) atoms. The van der Waals surface area contributed by atoms with E-state index < -0.39 is 0 Å². The summed E-state index contributed by atoms with van der Waals surface area (Å²) >= 11 is 0. The van der Waals surface area contributed by atoms with E-state index in [1.165, 1.54) is 6.42 Å². The van der Waals surface area contributed by atoms with Gasteiger partial charge in [0.2, 0.25) is 0 Å². The summed E-state index contributed by atoms with van der Waals surface area (Å²) in [6.45, 7) is 8.94. The van der Waals surface area contributed by atoms with Crippen LogP contribution in [0, 0.1) is 5.41 Å². The number of hydrogen-bond acceptors (Lipinski definition) is 2. The summed E-state index contributed by atoms with van der Waals surface area (Å²) in [6.07, 6.45) is 4.13. The van der Waals surface area contributed by atoms with Gasteiger partial charge in [-0.05, 0) is 32.2 Å². The van der Waals surface area contributed by atoms with E-state index in [0.29, 0.717) is 11.8 Å². The highest BCUT2D eigenvalue weighted by Gasteiger charge is 2.33. The van der Waals surface area contributed by atoms with Crippen molar-refractivity contribution in [1.82, 2.24) is 4.90 Å². The third-order valence-corrected chi connectivity index (χ3v) is 3.88. The van der Waals surface area contributed by atoms with Crippen molar-refractivity contribution in [2.75, 3.05) is 7.05 Å². The molecular weight excluding hydrogens is 186 g/mol. The Kier molecular flexibility index (Phi) is 3.93. The van der Waals surface area contributed by atoms with Gasteiger partial charge in [0.25, 0.3) is 0 Å². The van der Waals surface area contributed by atoms with Crippen molar-refractivity contribution in [2.45, 2.75) is 65.5 Å². The Labute approximate surface area is 94.0 Å². The number of likely N-dealkylation sites (N-methyl/N-ethyl adjacent to an activating group) is 1. The van der Waals surface area contributed by atoms with Crippen molar-refractivity contribution in [1.29, 1.82) is 0 Å². The number of carbonyl (C=O) groups excluding carboxylic acids is 1. The second-order valence-corrected chi connectivity index (χ2v) is 5.94. The van der Waals surface area contributed by atoms with Gasteiger partial charge in [-0.1, -0.05) is 27.2 Å². The quantitative estimate of drug-likeness (QED) is 0.700. The Morgan fingerprint density at radius 1 is 1.33 bits per heavy atom. The minimum absolute atomic E-state index is 0.174. The minimum atomic E-state index is 0.174. The lowest BCUT2D eigenvalue weighted by Gasteiger charge is -2.40. The van der Waals surface area contributed by atoms with Crippen LogP contribution in [0.1, 0.15) is 53.4 Å². The first-order valence-electron chi connectivity index (χ1n) is 6.08. The molecule has 1 rings (SSSR count). The highest BCUT2D eigenvalue weighted by molar-refractivity contribution is 5.84. The molecule has 0 heterocycles. The van der Waals surface area contributed by atoms with Crippen molar-refractivity contribution in [2.24, 2.45) is 5.41 Å². The van der Waals surface area contributed by atoms with Crippen LogP contribution >= 0.6 is 0 Å². The van der Waals surface area contributed by atoms with E-state index in [1.807, 2.05) is 0 Å². The molecule has 0 bridgehead atoms. The molecule has 0 spiro atoms. The van der Waals surface area contributed by atoms with Gasteiger partial charge in [-0.3, -0.25) is 9.69 Å². The number of Topliss-reactive ketones (excluding diaryl/α,β-unsaturated/α-hetero) is 1.